The van der Waals surface area contributed by atoms with E-state index in [0.717, 1.165) is 18.4 Å². The van der Waals surface area contributed by atoms with Gasteiger partial charge in [-0.05, 0) is 74.2 Å². The minimum atomic E-state index is -2.22. The van der Waals surface area contributed by atoms with Crippen molar-refractivity contribution in [2.45, 2.75) is 114 Å². The molecule has 0 amide bonds. The van der Waals surface area contributed by atoms with E-state index in [-0.39, 0.29) is 54.6 Å². The maximum atomic E-state index is 14.1. The summed E-state index contributed by atoms with van der Waals surface area (Å²) < 4.78 is 23.2. The monoisotopic (exact) mass is 548 g/mol. The van der Waals surface area contributed by atoms with Gasteiger partial charge in [0.1, 0.15) is 24.6 Å². The lowest BCUT2D eigenvalue weighted by Gasteiger charge is -2.64. The van der Waals surface area contributed by atoms with Crippen LogP contribution in [0.3, 0.4) is 0 Å². The minimum absolute atomic E-state index is 0.0806. The number of ether oxygens (including phenoxy) is 4. The van der Waals surface area contributed by atoms with E-state index in [1.807, 2.05) is 6.92 Å². The Morgan fingerprint density at radius 2 is 1.79 bits per heavy atom. The van der Waals surface area contributed by atoms with Crippen LogP contribution in [0.25, 0.3) is 0 Å². The molecule has 39 heavy (non-hydrogen) atoms. The SMILES string of the molecule is C[C@H]1O[C@H]2O[C@@H]3C[C@H]4CC[C@@H]5[C@@H](C(=O)C[C@]6(C)[C@@H](C7=CC(=O)OC7)CC[C@]56O)[C@@]4(C)C[C@H]3O[C@@]2(O)[C@H](O)[C@H]1O. The lowest BCUT2D eigenvalue weighted by molar-refractivity contribution is -0.469. The molecule has 0 spiro atoms. The van der Waals surface area contributed by atoms with E-state index < -0.39 is 52.9 Å². The molecule has 10 nitrogen and oxygen atoms in total. The standard InChI is InChI=1S/C29H40O10/c1-13-23(32)24(33)29(35)25(37-13)38-19-9-15-4-5-17-22(26(15,2)11-20(19)39-29)18(30)10-27(3)16(6-7-28(17,27)34)14-8-21(31)36-12-14/h8,13,15-17,19-20,22-25,32-35H,4-7,9-12H2,1-3H3/t13-,15-,16-,17-,19-,20-,22+,23+,24-,25+,26+,27-,28+,29+/m1/s1. The summed E-state index contributed by atoms with van der Waals surface area (Å²) >= 11 is 0. The van der Waals surface area contributed by atoms with E-state index in [0.29, 0.717) is 25.7 Å². The van der Waals surface area contributed by atoms with Gasteiger partial charge >= 0.3 is 5.97 Å². The number of hydrogen-bond acceptors (Lipinski definition) is 10. The van der Waals surface area contributed by atoms with Crippen LogP contribution in [0.15, 0.2) is 11.6 Å². The molecule has 4 aliphatic carbocycles. The molecular weight excluding hydrogens is 508 g/mol. The smallest absolute Gasteiger partial charge is 0.331 e. The zero-order valence-corrected chi connectivity index (χ0v) is 22.7. The van der Waals surface area contributed by atoms with Gasteiger partial charge in [-0.2, -0.15) is 0 Å². The molecule has 0 bridgehead atoms. The van der Waals surface area contributed by atoms with E-state index in [9.17, 15) is 30.0 Å². The van der Waals surface area contributed by atoms with Crippen molar-refractivity contribution in [3.05, 3.63) is 11.6 Å². The van der Waals surface area contributed by atoms with Gasteiger partial charge in [0.2, 0.25) is 12.1 Å². The van der Waals surface area contributed by atoms with E-state index in [2.05, 4.69) is 6.92 Å². The topological polar surface area (TPSA) is 152 Å². The number of rotatable bonds is 1. The molecule has 7 rings (SSSR count). The molecule has 7 aliphatic rings. The summed E-state index contributed by atoms with van der Waals surface area (Å²) in [5.74, 6) is -2.97. The zero-order chi connectivity index (χ0) is 27.7. The summed E-state index contributed by atoms with van der Waals surface area (Å²) in [5.41, 5.74) is -1.34. The van der Waals surface area contributed by atoms with Crippen molar-refractivity contribution in [3.63, 3.8) is 0 Å². The van der Waals surface area contributed by atoms with Crippen LogP contribution in [0.2, 0.25) is 0 Å². The molecule has 3 aliphatic heterocycles. The Balaban J connectivity index is 1.19. The van der Waals surface area contributed by atoms with Crippen molar-refractivity contribution in [1.29, 1.82) is 0 Å². The fraction of sp³-hybridized carbons (Fsp3) is 0.862. The molecule has 4 N–H and O–H groups in total. The second kappa shape index (κ2) is 8.33. The van der Waals surface area contributed by atoms with Crippen LogP contribution >= 0.6 is 0 Å². The highest BCUT2D eigenvalue weighted by Gasteiger charge is 2.72. The number of aliphatic hydroxyl groups excluding tert-OH is 2. The summed E-state index contributed by atoms with van der Waals surface area (Å²) in [5, 5.41) is 44.8. The van der Waals surface area contributed by atoms with Gasteiger partial charge in [0.15, 0.2) is 0 Å². The maximum Gasteiger partial charge on any atom is 0.331 e. The largest absolute Gasteiger partial charge is 0.458 e. The van der Waals surface area contributed by atoms with Crippen LogP contribution in [0.5, 0.6) is 0 Å². The fourth-order valence-corrected chi connectivity index (χ4v) is 10.1. The third-order valence-electron chi connectivity index (χ3n) is 12.2. The van der Waals surface area contributed by atoms with Crippen LogP contribution in [0.4, 0.5) is 0 Å². The first-order valence-electron chi connectivity index (χ1n) is 14.5. The second-order valence-corrected chi connectivity index (χ2v) is 13.9. The van der Waals surface area contributed by atoms with Crippen LogP contribution in [0.1, 0.15) is 65.7 Å². The Kier molecular flexibility index (Phi) is 5.66. The van der Waals surface area contributed by atoms with Crippen molar-refractivity contribution in [2.75, 3.05) is 6.61 Å². The summed E-state index contributed by atoms with van der Waals surface area (Å²) in [4.78, 5) is 26.0. The highest BCUT2D eigenvalue weighted by Crippen LogP contribution is 2.69. The predicted molar refractivity (Wildman–Crippen MR) is 133 cm³/mol. The molecule has 0 aromatic carbocycles. The summed E-state index contributed by atoms with van der Waals surface area (Å²) in [6, 6.07) is 0. The second-order valence-electron chi connectivity index (χ2n) is 13.9. The Morgan fingerprint density at radius 1 is 1.03 bits per heavy atom. The number of Topliss-reactive ketones (excluding diaryl/α,β-unsaturated/α-hetero) is 1. The van der Waals surface area contributed by atoms with Crippen molar-refractivity contribution in [1.82, 2.24) is 0 Å². The number of ketones is 1. The number of fused-ring (bicyclic) bond motifs is 7. The summed E-state index contributed by atoms with van der Waals surface area (Å²) in [6.45, 7) is 5.96. The van der Waals surface area contributed by atoms with Crippen molar-refractivity contribution < 1.29 is 49.0 Å². The van der Waals surface area contributed by atoms with Crippen LogP contribution in [0, 0.1) is 34.5 Å². The van der Waals surface area contributed by atoms with Gasteiger partial charge in [0, 0.05) is 23.8 Å². The molecule has 3 heterocycles. The van der Waals surface area contributed by atoms with Crippen LogP contribution in [-0.2, 0) is 28.5 Å². The molecular formula is C29H40O10. The van der Waals surface area contributed by atoms with Crippen LogP contribution in [-0.4, -0.2) is 87.0 Å². The number of aliphatic hydroxyl groups is 4. The first kappa shape index (κ1) is 26.5. The van der Waals surface area contributed by atoms with E-state index in [4.69, 9.17) is 18.9 Å². The van der Waals surface area contributed by atoms with E-state index in [1.165, 1.54) is 6.08 Å². The third-order valence-corrected chi connectivity index (χ3v) is 12.2. The molecule has 0 aromatic heterocycles. The highest BCUT2D eigenvalue weighted by molar-refractivity contribution is 5.86. The molecule has 14 atom stereocenters. The third kappa shape index (κ3) is 3.34. The molecule has 2 saturated heterocycles. The first-order valence-corrected chi connectivity index (χ1v) is 14.5. The average molecular weight is 549 g/mol. The number of carbonyl (C=O) groups excluding carboxylic acids is 2. The van der Waals surface area contributed by atoms with E-state index in [1.54, 1.807) is 6.92 Å². The summed E-state index contributed by atoms with van der Waals surface area (Å²) in [7, 11) is 0. The molecule has 0 unspecified atom stereocenters. The van der Waals surface area contributed by atoms with Crippen molar-refractivity contribution in [3.8, 4) is 0 Å². The quantitative estimate of drug-likeness (QED) is 0.276. The van der Waals surface area contributed by atoms with Gasteiger partial charge in [0.25, 0.3) is 0 Å². The van der Waals surface area contributed by atoms with Gasteiger partial charge in [-0.25, -0.2) is 4.79 Å². The number of esters is 1. The Hall–Kier alpha value is -1.40. The molecule has 4 saturated carbocycles. The average Bonchev–Trinajstić information content (AvgIpc) is 3.41. The van der Waals surface area contributed by atoms with Crippen LogP contribution < -0.4 is 0 Å². The maximum absolute atomic E-state index is 14.1. The van der Waals surface area contributed by atoms with Gasteiger partial charge in [-0.3, -0.25) is 4.79 Å². The van der Waals surface area contributed by atoms with Gasteiger partial charge in [-0.15, -0.1) is 0 Å². The van der Waals surface area contributed by atoms with Crippen molar-refractivity contribution >= 4 is 11.8 Å². The summed E-state index contributed by atoms with van der Waals surface area (Å²) in [6.07, 6.45) is -0.230. The number of hydrogen-bond donors (Lipinski definition) is 4. The van der Waals surface area contributed by atoms with E-state index >= 15 is 0 Å². The Labute approximate surface area is 227 Å². The lowest BCUT2D eigenvalue weighted by Crippen LogP contribution is -2.73. The molecule has 216 valence electrons. The van der Waals surface area contributed by atoms with Crippen molar-refractivity contribution in [2.24, 2.45) is 34.5 Å². The Bertz CT molecular complexity index is 1120. The molecule has 6 fully saturated rings. The molecule has 0 radical (unpaired) electrons. The fourth-order valence-electron chi connectivity index (χ4n) is 10.1. The normalized spacial score (nSPS) is 58.4. The number of cyclic esters (lactones) is 1. The lowest BCUT2D eigenvalue weighted by atomic mass is 9.42. The number of carbonyl (C=O) groups is 2. The first-order chi connectivity index (χ1) is 18.3. The minimum Gasteiger partial charge on any atom is -0.458 e. The Morgan fingerprint density at radius 3 is 2.51 bits per heavy atom. The predicted octanol–water partition coefficient (Wildman–Crippen LogP) is 0.972. The highest BCUT2D eigenvalue weighted by atomic mass is 16.8. The van der Waals surface area contributed by atoms with Gasteiger partial charge in [-0.1, -0.05) is 13.8 Å². The molecule has 10 heteroatoms. The zero-order valence-electron chi connectivity index (χ0n) is 22.7. The molecule has 0 aromatic rings. The van der Waals surface area contributed by atoms with Gasteiger partial charge in [0.05, 0.1) is 23.9 Å². The van der Waals surface area contributed by atoms with Gasteiger partial charge < -0.3 is 39.4 Å².